The second-order valence-corrected chi connectivity index (χ2v) is 15.2. The first-order valence-corrected chi connectivity index (χ1v) is 15.0. The molecule has 20 heavy (non-hydrogen) atoms. The molecule has 9 heteroatoms. The van der Waals surface area contributed by atoms with E-state index in [9.17, 15) is 0 Å². The standard InChI is InChI=1S/C11H32N2O4Si3/c1-8-11(16-19(6,12)14-9-2)18(4,5)17-20(7,13)15-10-3/h11H,8-10,12-13H2,1-7H3. The van der Waals surface area contributed by atoms with Crippen LogP contribution in [0.15, 0.2) is 0 Å². The SMILES string of the molecule is CCO[Si](C)(N)OC(CC)[Si](C)(C)O[Si](C)(N)OCC. The molecule has 0 aromatic rings. The summed E-state index contributed by atoms with van der Waals surface area (Å²) >= 11 is 0. The molecule has 0 aliphatic heterocycles. The van der Waals surface area contributed by atoms with Gasteiger partial charge in [-0.15, -0.1) is 0 Å². The highest BCUT2D eigenvalue weighted by atomic mass is 28.4. The van der Waals surface area contributed by atoms with Gasteiger partial charge in [-0.05, 0) is 46.5 Å². The third-order valence-electron chi connectivity index (χ3n) is 2.85. The van der Waals surface area contributed by atoms with Gasteiger partial charge in [0.15, 0.2) is 0 Å². The Bertz CT molecular complexity index is 291. The van der Waals surface area contributed by atoms with E-state index in [-0.39, 0.29) is 5.73 Å². The fourth-order valence-electron chi connectivity index (χ4n) is 2.22. The van der Waals surface area contributed by atoms with E-state index < -0.39 is 25.8 Å². The molecule has 122 valence electrons. The van der Waals surface area contributed by atoms with Crippen LogP contribution in [0.3, 0.4) is 0 Å². The van der Waals surface area contributed by atoms with Crippen LogP contribution in [0.2, 0.25) is 26.2 Å². The Morgan fingerprint density at radius 2 is 1.30 bits per heavy atom. The normalized spacial score (nSPS) is 20.2. The minimum Gasteiger partial charge on any atom is -0.422 e. The van der Waals surface area contributed by atoms with Gasteiger partial charge in [0.05, 0.1) is 5.73 Å². The van der Waals surface area contributed by atoms with Crippen LogP contribution in [0.4, 0.5) is 0 Å². The fraction of sp³-hybridized carbons (Fsp3) is 1.00. The molecule has 3 atom stereocenters. The third-order valence-corrected chi connectivity index (χ3v) is 11.4. The molecule has 0 amide bonds. The number of hydrogen-bond donors (Lipinski definition) is 2. The predicted molar refractivity (Wildman–Crippen MR) is 88.6 cm³/mol. The Balaban J connectivity index is 4.85. The highest BCUT2D eigenvalue weighted by Gasteiger charge is 2.44. The Hall–Kier alpha value is 0.411. The molecule has 0 spiro atoms. The second-order valence-electron chi connectivity index (χ2n) is 5.62. The molecule has 0 aromatic carbocycles. The van der Waals surface area contributed by atoms with Crippen LogP contribution in [-0.2, 0) is 17.4 Å². The number of hydrogen-bond acceptors (Lipinski definition) is 6. The zero-order chi connectivity index (χ0) is 16.0. The quantitative estimate of drug-likeness (QED) is 0.588. The van der Waals surface area contributed by atoms with Gasteiger partial charge in [0.1, 0.15) is 0 Å². The smallest absolute Gasteiger partial charge is 0.419 e. The van der Waals surface area contributed by atoms with Crippen molar-refractivity contribution in [2.75, 3.05) is 13.2 Å². The predicted octanol–water partition coefficient (Wildman–Crippen LogP) is 1.67. The average Bonchev–Trinajstić information content (AvgIpc) is 2.23. The van der Waals surface area contributed by atoms with Crippen LogP contribution in [0.5, 0.6) is 0 Å². The van der Waals surface area contributed by atoms with Crippen LogP contribution < -0.4 is 10.8 Å². The van der Waals surface area contributed by atoms with Gasteiger partial charge in [0, 0.05) is 13.2 Å². The van der Waals surface area contributed by atoms with E-state index in [1.807, 2.05) is 26.9 Å². The molecule has 0 aliphatic carbocycles. The maximum Gasteiger partial charge on any atom is 0.419 e. The Kier molecular flexibility index (Phi) is 8.32. The van der Waals surface area contributed by atoms with E-state index in [2.05, 4.69) is 20.0 Å². The monoisotopic (exact) mass is 340 g/mol. The molecule has 0 radical (unpaired) electrons. The van der Waals surface area contributed by atoms with Crippen molar-refractivity contribution in [3.63, 3.8) is 0 Å². The summed E-state index contributed by atoms with van der Waals surface area (Å²) in [5.41, 5.74) is -0.0495. The lowest BCUT2D eigenvalue weighted by Crippen LogP contribution is -2.63. The van der Waals surface area contributed by atoms with E-state index in [1.165, 1.54) is 0 Å². The summed E-state index contributed by atoms with van der Waals surface area (Å²) in [7, 11) is -7.38. The van der Waals surface area contributed by atoms with Crippen LogP contribution in [-0.4, -0.2) is 44.7 Å². The van der Waals surface area contributed by atoms with Crippen molar-refractivity contribution in [2.45, 2.75) is 59.1 Å². The largest absolute Gasteiger partial charge is 0.422 e. The van der Waals surface area contributed by atoms with E-state index in [4.69, 9.17) is 28.2 Å². The first-order valence-electron chi connectivity index (χ1n) is 7.23. The van der Waals surface area contributed by atoms with Crippen molar-refractivity contribution in [1.29, 1.82) is 0 Å². The van der Waals surface area contributed by atoms with Crippen molar-refractivity contribution in [1.82, 2.24) is 0 Å². The highest BCUT2D eigenvalue weighted by molar-refractivity contribution is 6.82. The average molecular weight is 341 g/mol. The lowest BCUT2D eigenvalue weighted by atomic mass is 10.5. The summed E-state index contributed by atoms with van der Waals surface area (Å²) in [5, 5.41) is 12.3. The molecule has 0 aliphatic rings. The summed E-state index contributed by atoms with van der Waals surface area (Å²) in [6, 6.07) is 0. The molecule has 0 aromatic heterocycles. The molecule has 0 bridgehead atoms. The lowest BCUT2D eigenvalue weighted by Gasteiger charge is -2.39. The summed E-state index contributed by atoms with van der Waals surface area (Å²) in [4.78, 5) is 0. The van der Waals surface area contributed by atoms with Gasteiger partial charge in [0.25, 0.3) is 0 Å². The molecule has 0 saturated carbocycles. The van der Waals surface area contributed by atoms with Gasteiger partial charge in [-0.1, -0.05) is 6.92 Å². The Labute approximate surface area is 126 Å². The molecule has 3 unspecified atom stereocenters. The fourth-order valence-corrected chi connectivity index (χ4v) is 11.9. The van der Waals surface area contributed by atoms with Gasteiger partial charge < -0.3 is 28.2 Å². The van der Waals surface area contributed by atoms with E-state index in [0.29, 0.717) is 13.2 Å². The summed E-state index contributed by atoms with van der Waals surface area (Å²) in [6.07, 6.45) is 0.822. The molecular weight excluding hydrogens is 308 g/mol. The van der Waals surface area contributed by atoms with Gasteiger partial charge in [-0.3, -0.25) is 0 Å². The molecule has 0 heterocycles. The second kappa shape index (κ2) is 8.15. The maximum atomic E-state index is 6.16. The zero-order valence-corrected chi connectivity index (χ0v) is 17.0. The highest BCUT2D eigenvalue weighted by Crippen LogP contribution is 2.22. The van der Waals surface area contributed by atoms with Crippen LogP contribution in [0.25, 0.3) is 0 Å². The third kappa shape index (κ3) is 7.43. The van der Waals surface area contributed by atoms with Gasteiger partial charge in [0.2, 0.25) is 8.32 Å². The van der Waals surface area contributed by atoms with Crippen LogP contribution in [0, 0.1) is 0 Å². The topological polar surface area (TPSA) is 89.0 Å². The van der Waals surface area contributed by atoms with Crippen molar-refractivity contribution < 1.29 is 17.4 Å². The van der Waals surface area contributed by atoms with Gasteiger partial charge in [-0.25, -0.2) is 0 Å². The maximum absolute atomic E-state index is 6.16. The van der Waals surface area contributed by atoms with Crippen molar-refractivity contribution in [2.24, 2.45) is 10.8 Å². The Morgan fingerprint density at radius 3 is 1.70 bits per heavy atom. The lowest BCUT2D eigenvalue weighted by molar-refractivity contribution is 0.143. The van der Waals surface area contributed by atoms with Crippen LogP contribution in [0.1, 0.15) is 27.2 Å². The summed E-state index contributed by atoms with van der Waals surface area (Å²) in [6.45, 7) is 14.9. The van der Waals surface area contributed by atoms with Crippen LogP contribution >= 0.6 is 0 Å². The molecule has 4 N–H and O–H groups in total. The van der Waals surface area contributed by atoms with Gasteiger partial charge in [-0.2, -0.15) is 0 Å². The van der Waals surface area contributed by atoms with E-state index in [0.717, 1.165) is 6.42 Å². The zero-order valence-electron chi connectivity index (χ0n) is 14.0. The minimum atomic E-state index is -2.60. The first-order chi connectivity index (χ1) is 8.99. The summed E-state index contributed by atoms with van der Waals surface area (Å²) < 4.78 is 23.3. The molecular formula is C11H32N2O4Si3. The van der Waals surface area contributed by atoms with E-state index >= 15 is 0 Å². The molecule has 0 rings (SSSR count). The Morgan fingerprint density at radius 1 is 0.850 bits per heavy atom. The molecule has 6 nitrogen and oxygen atoms in total. The van der Waals surface area contributed by atoms with Crippen molar-refractivity contribution in [3.8, 4) is 0 Å². The van der Waals surface area contributed by atoms with E-state index in [1.54, 1.807) is 0 Å². The number of rotatable bonds is 10. The molecule has 0 saturated heterocycles. The first kappa shape index (κ1) is 20.4. The summed E-state index contributed by atoms with van der Waals surface area (Å²) in [5.74, 6) is 0. The van der Waals surface area contributed by atoms with Gasteiger partial charge >= 0.3 is 17.4 Å². The van der Waals surface area contributed by atoms with Crippen molar-refractivity contribution >= 4 is 25.8 Å². The molecule has 0 fully saturated rings. The minimum absolute atomic E-state index is 0.0495. The number of nitrogens with two attached hydrogens (primary N) is 2. The van der Waals surface area contributed by atoms with Crippen molar-refractivity contribution in [3.05, 3.63) is 0 Å².